The van der Waals surface area contributed by atoms with Crippen molar-refractivity contribution >= 4 is 0 Å². The molecule has 0 aromatic heterocycles. The minimum atomic E-state index is 0.829. The fourth-order valence-electron chi connectivity index (χ4n) is 4.09. The summed E-state index contributed by atoms with van der Waals surface area (Å²) < 4.78 is 0. The molecule has 1 heteroatoms. The second-order valence-corrected chi connectivity index (χ2v) is 8.10. The van der Waals surface area contributed by atoms with E-state index < -0.39 is 0 Å². The minimum absolute atomic E-state index is 0.829. The molecule has 0 aromatic carbocycles. The number of nitrogens with zero attached hydrogens (tertiary/aromatic N) is 1. The van der Waals surface area contributed by atoms with Crippen LogP contribution in [0.4, 0.5) is 0 Å². The normalized spacial score (nSPS) is 27.5. The van der Waals surface area contributed by atoms with Gasteiger partial charge >= 0.3 is 0 Å². The van der Waals surface area contributed by atoms with Gasteiger partial charge < -0.3 is 4.90 Å². The smallest absolute Gasteiger partial charge is 0.00150 e. The van der Waals surface area contributed by atoms with E-state index in [1.54, 1.807) is 0 Å². The summed E-state index contributed by atoms with van der Waals surface area (Å²) in [5.41, 5.74) is 0. The first-order valence-corrected chi connectivity index (χ1v) is 8.53. The standard InChI is InChI=1S/C18H37N/c1-13(2)10-16(7)11-19-9-8-17(14(3)4)18(12-19)15(5)6/h13-18H,8-12H2,1-7H3. The van der Waals surface area contributed by atoms with Gasteiger partial charge in [-0.1, -0.05) is 48.5 Å². The van der Waals surface area contributed by atoms with Crippen LogP contribution in [-0.2, 0) is 0 Å². The molecule has 0 amide bonds. The van der Waals surface area contributed by atoms with Crippen molar-refractivity contribution in [1.29, 1.82) is 0 Å². The molecule has 0 radical (unpaired) electrons. The monoisotopic (exact) mass is 267 g/mol. The van der Waals surface area contributed by atoms with Gasteiger partial charge in [-0.05, 0) is 54.9 Å². The zero-order chi connectivity index (χ0) is 14.6. The molecule has 0 bridgehead atoms. The van der Waals surface area contributed by atoms with Crippen LogP contribution in [0.15, 0.2) is 0 Å². The van der Waals surface area contributed by atoms with E-state index in [1.807, 2.05) is 0 Å². The van der Waals surface area contributed by atoms with Gasteiger partial charge in [-0.25, -0.2) is 0 Å². The zero-order valence-electron chi connectivity index (χ0n) is 14.4. The maximum absolute atomic E-state index is 2.75. The average molecular weight is 268 g/mol. The van der Waals surface area contributed by atoms with E-state index in [9.17, 15) is 0 Å². The third-order valence-corrected chi connectivity index (χ3v) is 4.95. The highest BCUT2D eigenvalue weighted by Crippen LogP contribution is 2.35. The predicted octanol–water partition coefficient (Wildman–Crippen LogP) is 4.92. The molecule has 0 N–H and O–H groups in total. The lowest BCUT2D eigenvalue weighted by atomic mass is 9.73. The number of hydrogen-bond donors (Lipinski definition) is 0. The van der Waals surface area contributed by atoms with Crippen molar-refractivity contribution in [2.24, 2.45) is 35.5 Å². The van der Waals surface area contributed by atoms with Crippen LogP contribution < -0.4 is 0 Å². The molecule has 3 unspecified atom stereocenters. The van der Waals surface area contributed by atoms with E-state index in [4.69, 9.17) is 0 Å². The molecule has 1 rings (SSSR count). The predicted molar refractivity (Wildman–Crippen MR) is 86.3 cm³/mol. The largest absolute Gasteiger partial charge is 0.303 e. The van der Waals surface area contributed by atoms with Crippen molar-refractivity contribution in [1.82, 2.24) is 4.90 Å². The van der Waals surface area contributed by atoms with Crippen molar-refractivity contribution in [3.05, 3.63) is 0 Å². The summed E-state index contributed by atoms with van der Waals surface area (Å²) in [6, 6.07) is 0. The van der Waals surface area contributed by atoms with Crippen LogP contribution in [0.5, 0.6) is 0 Å². The molecule has 1 fully saturated rings. The first-order chi connectivity index (χ1) is 8.81. The molecule has 1 aliphatic heterocycles. The maximum Gasteiger partial charge on any atom is 0.00150 e. The van der Waals surface area contributed by atoms with E-state index in [0.717, 1.165) is 35.5 Å². The molecule has 1 saturated heterocycles. The molecule has 19 heavy (non-hydrogen) atoms. The van der Waals surface area contributed by atoms with Crippen LogP contribution in [-0.4, -0.2) is 24.5 Å². The summed E-state index contributed by atoms with van der Waals surface area (Å²) in [5, 5.41) is 0. The number of likely N-dealkylation sites (tertiary alicyclic amines) is 1. The van der Waals surface area contributed by atoms with Gasteiger partial charge in [0.15, 0.2) is 0 Å². The molecule has 3 atom stereocenters. The third kappa shape index (κ3) is 5.45. The number of rotatable bonds is 6. The second kappa shape index (κ2) is 7.67. The molecular weight excluding hydrogens is 230 g/mol. The Morgan fingerprint density at radius 3 is 1.95 bits per heavy atom. The van der Waals surface area contributed by atoms with Gasteiger partial charge in [0, 0.05) is 13.1 Å². The Bertz CT molecular complexity index is 244. The maximum atomic E-state index is 2.75. The summed E-state index contributed by atoms with van der Waals surface area (Å²) in [4.78, 5) is 2.75. The summed E-state index contributed by atoms with van der Waals surface area (Å²) in [5.74, 6) is 5.21. The van der Waals surface area contributed by atoms with Crippen molar-refractivity contribution in [2.45, 2.75) is 61.3 Å². The average Bonchev–Trinajstić information content (AvgIpc) is 2.27. The van der Waals surface area contributed by atoms with Crippen molar-refractivity contribution in [2.75, 3.05) is 19.6 Å². The highest BCUT2D eigenvalue weighted by molar-refractivity contribution is 4.84. The van der Waals surface area contributed by atoms with E-state index in [0.29, 0.717) is 0 Å². The highest BCUT2D eigenvalue weighted by atomic mass is 15.1. The van der Waals surface area contributed by atoms with Crippen LogP contribution in [0.1, 0.15) is 61.3 Å². The van der Waals surface area contributed by atoms with Gasteiger partial charge in [-0.3, -0.25) is 0 Å². The molecule has 0 spiro atoms. The van der Waals surface area contributed by atoms with Gasteiger partial charge in [0.05, 0.1) is 0 Å². The van der Waals surface area contributed by atoms with Gasteiger partial charge in [-0.15, -0.1) is 0 Å². The van der Waals surface area contributed by atoms with E-state index in [-0.39, 0.29) is 0 Å². The molecule has 1 heterocycles. The minimum Gasteiger partial charge on any atom is -0.303 e. The Labute approximate surface area is 122 Å². The van der Waals surface area contributed by atoms with Crippen LogP contribution in [0.25, 0.3) is 0 Å². The first kappa shape index (κ1) is 17.0. The van der Waals surface area contributed by atoms with E-state index >= 15 is 0 Å². The summed E-state index contributed by atoms with van der Waals surface area (Å²) in [7, 11) is 0. The molecule has 1 aliphatic rings. The van der Waals surface area contributed by atoms with Gasteiger partial charge in [-0.2, -0.15) is 0 Å². The lowest BCUT2D eigenvalue weighted by Gasteiger charge is -2.43. The van der Waals surface area contributed by atoms with Gasteiger partial charge in [0.1, 0.15) is 0 Å². The third-order valence-electron chi connectivity index (χ3n) is 4.95. The molecule has 0 aromatic rings. The Balaban J connectivity index is 2.52. The Morgan fingerprint density at radius 2 is 1.47 bits per heavy atom. The highest BCUT2D eigenvalue weighted by Gasteiger charge is 2.33. The summed E-state index contributed by atoms with van der Waals surface area (Å²) in [6.07, 6.45) is 2.78. The molecule has 0 saturated carbocycles. The molecule has 1 nitrogen and oxygen atoms in total. The van der Waals surface area contributed by atoms with Crippen LogP contribution in [0.2, 0.25) is 0 Å². The van der Waals surface area contributed by atoms with E-state index in [2.05, 4.69) is 53.4 Å². The van der Waals surface area contributed by atoms with E-state index in [1.165, 1.54) is 32.5 Å². The van der Waals surface area contributed by atoms with Crippen LogP contribution >= 0.6 is 0 Å². The Morgan fingerprint density at radius 1 is 0.895 bits per heavy atom. The van der Waals surface area contributed by atoms with Crippen molar-refractivity contribution in [3.63, 3.8) is 0 Å². The van der Waals surface area contributed by atoms with Crippen LogP contribution in [0.3, 0.4) is 0 Å². The van der Waals surface area contributed by atoms with Gasteiger partial charge in [0.25, 0.3) is 0 Å². The SMILES string of the molecule is CC(C)CC(C)CN1CCC(C(C)C)C(C(C)C)C1. The fourth-order valence-corrected chi connectivity index (χ4v) is 4.09. The lowest BCUT2D eigenvalue weighted by molar-refractivity contribution is 0.0540. The Hall–Kier alpha value is -0.0400. The second-order valence-electron chi connectivity index (χ2n) is 8.10. The first-order valence-electron chi connectivity index (χ1n) is 8.53. The number of hydrogen-bond acceptors (Lipinski definition) is 1. The van der Waals surface area contributed by atoms with Crippen molar-refractivity contribution in [3.8, 4) is 0 Å². The molecular formula is C18H37N. The van der Waals surface area contributed by atoms with Gasteiger partial charge in [0.2, 0.25) is 0 Å². The zero-order valence-corrected chi connectivity index (χ0v) is 14.4. The summed E-state index contributed by atoms with van der Waals surface area (Å²) in [6.45, 7) is 20.8. The number of piperidine rings is 1. The Kier molecular flexibility index (Phi) is 6.86. The quantitative estimate of drug-likeness (QED) is 0.660. The topological polar surface area (TPSA) is 3.24 Å². The summed E-state index contributed by atoms with van der Waals surface area (Å²) >= 11 is 0. The molecule has 114 valence electrons. The molecule has 0 aliphatic carbocycles. The lowest BCUT2D eigenvalue weighted by Crippen LogP contribution is -2.45. The fraction of sp³-hybridized carbons (Fsp3) is 1.00. The van der Waals surface area contributed by atoms with Crippen LogP contribution in [0, 0.1) is 35.5 Å². The van der Waals surface area contributed by atoms with Crippen molar-refractivity contribution < 1.29 is 0 Å².